The number of nitrogens with one attached hydrogen (secondary N) is 1. The Bertz CT molecular complexity index is 1280. The molecule has 0 aromatic heterocycles. The Kier molecular flexibility index (Phi) is 4.42. The predicted molar refractivity (Wildman–Crippen MR) is 122 cm³/mol. The van der Waals surface area contributed by atoms with Crippen LogP contribution in [0.25, 0.3) is 0 Å². The van der Waals surface area contributed by atoms with Gasteiger partial charge in [-0.3, -0.25) is 19.3 Å². The van der Waals surface area contributed by atoms with E-state index in [4.69, 9.17) is 0 Å². The predicted octanol–water partition coefficient (Wildman–Crippen LogP) is 3.22. The Hall–Kier alpha value is -4.26. The Labute approximate surface area is 195 Å². The van der Waals surface area contributed by atoms with Gasteiger partial charge in [0.15, 0.2) is 0 Å². The highest BCUT2D eigenvalue weighted by molar-refractivity contribution is 6.11. The van der Waals surface area contributed by atoms with Crippen molar-refractivity contribution in [3.05, 3.63) is 101 Å². The summed E-state index contributed by atoms with van der Waals surface area (Å²) in [6.07, 6.45) is 0. The average Bonchev–Trinajstić information content (AvgIpc) is 3.09. The SMILES string of the molecule is O=C(CN1C(=O)[C@H]2C3c4ccccc4C(c4ccccc43)[C@@H]2C1=O)Nc1ccccc1C(=O)O. The van der Waals surface area contributed by atoms with E-state index in [0.29, 0.717) is 0 Å². The molecule has 34 heavy (non-hydrogen) atoms. The van der Waals surface area contributed by atoms with Crippen LogP contribution in [0.5, 0.6) is 0 Å². The number of nitrogens with zero attached hydrogens (tertiary/aromatic N) is 1. The maximum absolute atomic E-state index is 13.6. The van der Waals surface area contributed by atoms with Gasteiger partial charge in [-0.1, -0.05) is 60.7 Å². The quantitative estimate of drug-likeness (QED) is 0.592. The summed E-state index contributed by atoms with van der Waals surface area (Å²) in [6.45, 7) is -0.454. The Balaban J connectivity index is 1.33. The lowest BCUT2D eigenvalue weighted by atomic mass is 9.55. The lowest BCUT2D eigenvalue weighted by Crippen LogP contribution is -2.41. The molecule has 3 aromatic carbocycles. The molecule has 168 valence electrons. The van der Waals surface area contributed by atoms with E-state index in [1.807, 2.05) is 48.5 Å². The molecule has 7 nitrogen and oxygen atoms in total. The summed E-state index contributed by atoms with van der Waals surface area (Å²) in [7, 11) is 0. The molecule has 2 N–H and O–H groups in total. The van der Waals surface area contributed by atoms with Crippen molar-refractivity contribution in [2.45, 2.75) is 11.8 Å². The summed E-state index contributed by atoms with van der Waals surface area (Å²) < 4.78 is 0. The minimum absolute atomic E-state index is 0.0625. The van der Waals surface area contributed by atoms with Gasteiger partial charge in [0.25, 0.3) is 0 Å². The van der Waals surface area contributed by atoms with Crippen LogP contribution in [-0.4, -0.2) is 40.2 Å². The van der Waals surface area contributed by atoms with Crippen LogP contribution in [0, 0.1) is 11.8 Å². The third-order valence-corrected chi connectivity index (χ3v) is 7.27. The van der Waals surface area contributed by atoms with Crippen molar-refractivity contribution in [3.8, 4) is 0 Å². The standard InChI is InChI=1S/C27H20N2O5/c30-20(28-19-12-6-5-11-18(19)27(33)34)13-29-25(31)23-21-14-7-1-2-8-15(14)22(24(23)26(29)32)17-10-4-3-9-16(17)21/h1-12,21-24H,13H2,(H,28,30)(H,33,34)/t21?,22?,23-,24-/m0/s1. The van der Waals surface area contributed by atoms with Crippen molar-refractivity contribution in [2.75, 3.05) is 11.9 Å². The van der Waals surface area contributed by atoms with Gasteiger partial charge >= 0.3 is 5.97 Å². The van der Waals surface area contributed by atoms with E-state index in [0.717, 1.165) is 27.2 Å². The number of carboxylic acid groups (broad SMARTS) is 1. The number of likely N-dealkylation sites (tertiary alicyclic amines) is 1. The van der Waals surface area contributed by atoms with Gasteiger partial charge in [0.1, 0.15) is 6.54 Å². The molecule has 3 amide bonds. The number of hydrogen-bond acceptors (Lipinski definition) is 4. The van der Waals surface area contributed by atoms with Crippen LogP contribution in [0.3, 0.4) is 0 Å². The summed E-state index contributed by atoms with van der Waals surface area (Å²) in [5.74, 6) is -4.08. The molecule has 0 unspecified atom stereocenters. The second kappa shape index (κ2) is 7.38. The number of anilines is 1. The molecule has 3 aliphatic carbocycles. The van der Waals surface area contributed by atoms with Gasteiger partial charge in [-0.15, -0.1) is 0 Å². The molecule has 7 rings (SSSR count). The molecule has 1 aliphatic heterocycles. The van der Waals surface area contributed by atoms with E-state index >= 15 is 0 Å². The van der Waals surface area contributed by atoms with Crippen molar-refractivity contribution >= 4 is 29.4 Å². The largest absolute Gasteiger partial charge is 0.478 e. The number of aromatic carboxylic acids is 1. The van der Waals surface area contributed by atoms with Gasteiger partial charge in [-0.2, -0.15) is 0 Å². The average molecular weight is 452 g/mol. The van der Waals surface area contributed by atoms with E-state index in [-0.39, 0.29) is 34.9 Å². The summed E-state index contributed by atoms with van der Waals surface area (Å²) in [5, 5.41) is 11.9. The molecular weight excluding hydrogens is 432 g/mol. The summed E-state index contributed by atoms with van der Waals surface area (Å²) in [6, 6.07) is 21.9. The first-order valence-electron chi connectivity index (χ1n) is 11.1. The number of carboxylic acids is 1. The van der Waals surface area contributed by atoms with E-state index in [1.54, 1.807) is 12.1 Å². The molecule has 2 bridgehead atoms. The Morgan fingerprint density at radius 3 is 1.65 bits per heavy atom. The van der Waals surface area contributed by atoms with Gasteiger partial charge in [-0.05, 0) is 34.4 Å². The first kappa shape index (κ1) is 20.4. The van der Waals surface area contributed by atoms with Crippen molar-refractivity contribution in [2.24, 2.45) is 11.8 Å². The van der Waals surface area contributed by atoms with E-state index in [1.165, 1.54) is 12.1 Å². The normalized spacial score (nSPS) is 23.8. The van der Waals surface area contributed by atoms with E-state index in [2.05, 4.69) is 5.32 Å². The fourth-order valence-electron chi connectivity index (χ4n) is 6.01. The third-order valence-electron chi connectivity index (χ3n) is 7.27. The molecule has 2 atom stereocenters. The number of imide groups is 1. The summed E-state index contributed by atoms with van der Waals surface area (Å²) in [4.78, 5) is 52.4. The molecular formula is C27H20N2O5. The van der Waals surface area contributed by atoms with Gasteiger partial charge in [0, 0.05) is 11.8 Å². The fraction of sp³-hybridized carbons (Fsp3) is 0.185. The highest BCUT2D eigenvalue weighted by Gasteiger charge is 2.61. The van der Waals surface area contributed by atoms with Crippen molar-refractivity contribution in [3.63, 3.8) is 0 Å². The monoisotopic (exact) mass is 452 g/mol. The van der Waals surface area contributed by atoms with Gasteiger partial charge in [0.2, 0.25) is 17.7 Å². The van der Waals surface area contributed by atoms with Crippen LogP contribution in [0.1, 0.15) is 44.4 Å². The Morgan fingerprint density at radius 1 is 0.735 bits per heavy atom. The van der Waals surface area contributed by atoms with Crippen LogP contribution in [0.4, 0.5) is 5.69 Å². The molecule has 1 fully saturated rings. The number of para-hydroxylation sites is 1. The Morgan fingerprint density at radius 2 is 1.18 bits per heavy atom. The van der Waals surface area contributed by atoms with Crippen LogP contribution >= 0.6 is 0 Å². The molecule has 3 aromatic rings. The molecule has 7 heteroatoms. The lowest BCUT2D eigenvalue weighted by Gasteiger charge is -2.45. The minimum Gasteiger partial charge on any atom is -0.478 e. The number of benzene rings is 3. The lowest BCUT2D eigenvalue weighted by molar-refractivity contribution is -0.142. The molecule has 4 aliphatic rings. The summed E-state index contributed by atoms with van der Waals surface area (Å²) in [5.41, 5.74) is 4.32. The summed E-state index contributed by atoms with van der Waals surface area (Å²) >= 11 is 0. The van der Waals surface area contributed by atoms with E-state index < -0.39 is 30.3 Å². The number of carbonyl (C=O) groups is 4. The number of rotatable bonds is 4. The molecule has 0 spiro atoms. The number of carbonyl (C=O) groups excluding carboxylic acids is 3. The van der Waals surface area contributed by atoms with E-state index in [9.17, 15) is 24.3 Å². The topological polar surface area (TPSA) is 104 Å². The van der Waals surface area contributed by atoms with Crippen LogP contribution < -0.4 is 5.32 Å². The second-order valence-electron chi connectivity index (χ2n) is 8.93. The van der Waals surface area contributed by atoms with Gasteiger partial charge in [-0.25, -0.2) is 4.79 Å². The first-order chi connectivity index (χ1) is 16.5. The number of amides is 3. The van der Waals surface area contributed by atoms with Crippen molar-refractivity contribution < 1.29 is 24.3 Å². The second-order valence-corrected chi connectivity index (χ2v) is 8.93. The van der Waals surface area contributed by atoms with Crippen molar-refractivity contribution in [1.82, 2.24) is 4.90 Å². The zero-order chi connectivity index (χ0) is 23.6. The maximum atomic E-state index is 13.6. The van der Waals surface area contributed by atoms with Crippen molar-refractivity contribution in [1.29, 1.82) is 0 Å². The van der Waals surface area contributed by atoms with Crippen LogP contribution in [-0.2, 0) is 14.4 Å². The molecule has 1 saturated heterocycles. The first-order valence-corrected chi connectivity index (χ1v) is 11.1. The van der Waals surface area contributed by atoms with Crippen LogP contribution in [0.2, 0.25) is 0 Å². The molecule has 1 heterocycles. The fourth-order valence-corrected chi connectivity index (χ4v) is 6.01. The van der Waals surface area contributed by atoms with Gasteiger partial charge in [0.05, 0.1) is 23.1 Å². The van der Waals surface area contributed by atoms with Gasteiger partial charge < -0.3 is 10.4 Å². The molecule has 0 saturated carbocycles. The van der Waals surface area contributed by atoms with Crippen LogP contribution in [0.15, 0.2) is 72.8 Å². The maximum Gasteiger partial charge on any atom is 0.337 e. The number of hydrogen-bond donors (Lipinski definition) is 2. The smallest absolute Gasteiger partial charge is 0.337 e. The third kappa shape index (κ3) is 2.76. The highest BCUT2D eigenvalue weighted by atomic mass is 16.4. The zero-order valence-corrected chi connectivity index (χ0v) is 18.0. The zero-order valence-electron chi connectivity index (χ0n) is 18.0. The minimum atomic E-state index is -1.18. The molecule has 0 radical (unpaired) electrons. The highest BCUT2D eigenvalue weighted by Crippen LogP contribution is 2.60.